The Kier molecular flexibility index (Phi) is 7.39. The molecule has 0 aliphatic rings. The summed E-state index contributed by atoms with van der Waals surface area (Å²) in [6.45, 7) is 10.3. The van der Waals surface area contributed by atoms with Crippen molar-refractivity contribution in [1.82, 2.24) is 9.97 Å². The quantitative estimate of drug-likeness (QED) is 0.729. The predicted octanol–water partition coefficient (Wildman–Crippen LogP) is 2.41. The van der Waals surface area contributed by atoms with Crippen LogP contribution in [0.4, 0.5) is 11.6 Å². The molecule has 0 aromatic carbocycles. The minimum atomic E-state index is -0.00514. The van der Waals surface area contributed by atoms with Crippen LogP contribution in [-0.4, -0.2) is 50.0 Å². The molecule has 1 unspecified atom stereocenters. The summed E-state index contributed by atoms with van der Waals surface area (Å²) in [5, 5.41) is 6.64. The molecule has 120 valence electrons. The smallest absolute Gasteiger partial charge is 0.135 e. The number of nitrogens with zero attached hydrogens (tertiary/aromatic N) is 2. The maximum Gasteiger partial charge on any atom is 0.135 e. The number of rotatable bonds is 9. The Morgan fingerprint density at radius 3 is 2.19 bits per heavy atom. The molecule has 0 fully saturated rings. The molecule has 0 aliphatic heterocycles. The minimum Gasteiger partial charge on any atom is -0.382 e. The summed E-state index contributed by atoms with van der Waals surface area (Å²) in [4.78, 5) is 9.21. The van der Waals surface area contributed by atoms with E-state index in [-0.39, 0.29) is 12.0 Å². The Morgan fingerprint density at radius 1 is 1.10 bits per heavy atom. The Morgan fingerprint density at radius 2 is 1.71 bits per heavy atom. The summed E-state index contributed by atoms with van der Waals surface area (Å²) < 4.78 is 10.5. The molecule has 2 N–H and O–H groups in total. The Labute approximate surface area is 127 Å². The second-order valence-electron chi connectivity index (χ2n) is 5.28. The fraction of sp³-hybridized carbons (Fsp3) is 0.733. The van der Waals surface area contributed by atoms with Gasteiger partial charge in [0.15, 0.2) is 0 Å². The molecule has 0 aliphatic carbocycles. The lowest BCUT2D eigenvalue weighted by Gasteiger charge is -2.19. The van der Waals surface area contributed by atoms with E-state index < -0.39 is 0 Å². The Bertz CT molecular complexity index is 438. The van der Waals surface area contributed by atoms with E-state index >= 15 is 0 Å². The minimum absolute atomic E-state index is 0.00514. The van der Waals surface area contributed by atoms with Crippen molar-refractivity contribution in [3.8, 4) is 0 Å². The molecule has 1 heterocycles. The standard InChI is InChI=1S/C15H28N4O2/c1-7-16-14-11(4)15(19-13(18-14)10(2)3)17-8-12(21-6)9-20-5/h10,12H,7-9H2,1-6H3,(H2,16,17,18,19). The zero-order valence-corrected chi connectivity index (χ0v) is 14.0. The van der Waals surface area contributed by atoms with Crippen LogP contribution in [-0.2, 0) is 9.47 Å². The average molecular weight is 296 g/mol. The van der Waals surface area contributed by atoms with Crippen molar-refractivity contribution in [1.29, 1.82) is 0 Å². The van der Waals surface area contributed by atoms with Gasteiger partial charge in [-0.3, -0.25) is 0 Å². The van der Waals surface area contributed by atoms with Crippen LogP contribution in [0.25, 0.3) is 0 Å². The molecule has 0 radical (unpaired) electrons. The second-order valence-corrected chi connectivity index (χ2v) is 5.28. The molecule has 0 spiro atoms. The number of nitrogens with one attached hydrogen (secondary N) is 2. The van der Waals surface area contributed by atoms with Crippen LogP contribution in [0, 0.1) is 6.92 Å². The van der Waals surface area contributed by atoms with E-state index in [0.29, 0.717) is 13.2 Å². The first-order valence-corrected chi connectivity index (χ1v) is 7.41. The van der Waals surface area contributed by atoms with Crippen molar-refractivity contribution in [2.24, 2.45) is 0 Å². The summed E-state index contributed by atoms with van der Waals surface area (Å²) >= 11 is 0. The van der Waals surface area contributed by atoms with E-state index in [9.17, 15) is 0 Å². The van der Waals surface area contributed by atoms with Gasteiger partial charge in [0.1, 0.15) is 17.5 Å². The average Bonchev–Trinajstić information content (AvgIpc) is 2.46. The first-order valence-electron chi connectivity index (χ1n) is 7.41. The first-order chi connectivity index (χ1) is 10.0. The molecule has 1 atom stereocenters. The van der Waals surface area contributed by atoms with Crippen molar-refractivity contribution >= 4 is 11.6 Å². The molecule has 0 saturated heterocycles. The summed E-state index contributed by atoms with van der Waals surface area (Å²) in [6, 6.07) is 0. The SMILES string of the molecule is CCNc1nc(C(C)C)nc(NCC(COC)OC)c1C. The first kappa shape index (κ1) is 17.7. The third-order valence-corrected chi connectivity index (χ3v) is 3.21. The molecular formula is C15H28N4O2. The van der Waals surface area contributed by atoms with Crippen LogP contribution >= 0.6 is 0 Å². The van der Waals surface area contributed by atoms with Gasteiger partial charge in [0.05, 0.1) is 12.7 Å². The topological polar surface area (TPSA) is 68.3 Å². The van der Waals surface area contributed by atoms with Crippen LogP contribution in [0.2, 0.25) is 0 Å². The van der Waals surface area contributed by atoms with E-state index in [2.05, 4.69) is 41.4 Å². The lowest BCUT2D eigenvalue weighted by Crippen LogP contribution is -2.27. The molecule has 1 aromatic heterocycles. The molecule has 1 aromatic rings. The zero-order chi connectivity index (χ0) is 15.8. The number of ether oxygens (including phenoxy) is 2. The molecule has 1 rings (SSSR count). The highest BCUT2D eigenvalue weighted by Gasteiger charge is 2.14. The van der Waals surface area contributed by atoms with Gasteiger partial charge < -0.3 is 20.1 Å². The fourth-order valence-corrected chi connectivity index (χ4v) is 1.91. The molecule has 6 nitrogen and oxygen atoms in total. The summed E-state index contributed by atoms with van der Waals surface area (Å²) in [5.74, 6) is 2.85. The Hall–Kier alpha value is -1.40. The maximum atomic E-state index is 5.36. The number of methoxy groups -OCH3 is 2. The normalized spacial score (nSPS) is 12.5. The molecule has 0 amide bonds. The second kappa shape index (κ2) is 8.79. The van der Waals surface area contributed by atoms with Gasteiger partial charge in [0, 0.05) is 38.8 Å². The maximum absolute atomic E-state index is 5.36. The fourth-order valence-electron chi connectivity index (χ4n) is 1.91. The van der Waals surface area contributed by atoms with E-state index in [4.69, 9.17) is 9.47 Å². The van der Waals surface area contributed by atoms with Crippen molar-refractivity contribution < 1.29 is 9.47 Å². The molecule has 0 saturated carbocycles. The van der Waals surface area contributed by atoms with E-state index in [1.807, 2.05) is 6.92 Å². The molecular weight excluding hydrogens is 268 g/mol. The van der Waals surface area contributed by atoms with E-state index in [1.54, 1.807) is 14.2 Å². The van der Waals surface area contributed by atoms with Crippen LogP contribution in [0.1, 0.15) is 38.1 Å². The summed E-state index contributed by atoms with van der Waals surface area (Å²) in [7, 11) is 3.35. The molecule has 0 bridgehead atoms. The van der Waals surface area contributed by atoms with Gasteiger partial charge in [-0.2, -0.15) is 0 Å². The highest BCUT2D eigenvalue weighted by molar-refractivity contribution is 5.57. The third kappa shape index (κ3) is 5.13. The largest absolute Gasteiger partial charge is 0.382 e. The van der Waals surface area contributed by atoms with Gasteiger partial charge in [0.2, 0.25) is 0 Å². The summed E-state index contributed by atoms with van der Waals surface area (Å²) in [5.41, 5.74) is 1.02. The van der Waals surface area contributed by atoms with E-state index in [1.165, 1.54) is 0 Å². The van der Waals surface area contributed by atoms with Crippen molar-refractivity contribution in [2.75, 3.05) is 44.5 Å². The van der Waals surface area contributed by atoms with Gasteiger partial charge in [-0.1, -0.05) is 13.8 Å². The van der Waals surface area contributed by atoms with E-state index in [0.717, 1.165) is 29.6 Å². The van der Waals surface area contributed by atoms with Crippen LogP contribution in [0.5, 0.6) is 0 Å². The highest BCUT2D eigenvalue weighted by atomic mass is 16.5. The van der Waals surface area contributed by atoms with Gasteiger partial charge in [-0.25, -0.2) is 9.97 Å². The number of hydrogen-bond donors (Lipinski definition) is 2. The summed E-state index contributed by atoms with van der Waals surface area (Å²) in [6.07, 6.45) is -0.00514. The predicted molar refractivity (Wildman–Crippen MR) is 86.2 cm³/mol. The van der Waals surface area contributed by atoms with Crippen LogP contribution < -0.4 is 10.6 Å². The van der Waals surface area contributed by atoms with Crippen molar-refractivity contribution in [3.05, 3.63) is 11.4 Å². The highest BCUT2D eigenvalue weighted by Crippen LogP contribution is 2.23. The van der Waals surface area contributed by atoms with Crippen molar-refractivity contribution in [2.45, 2.75) is 39.7 Å². The van der Waals surface area contributed by atoms with Gasteiger partial charge >= 0.3 is 0 Å². The van der Waals surface area contributed by atoms with Crippen LogP contribution in [0.3, 0.4) is 0 Å². The van der Waals surface area contributed by atoms with Gasteiger partial charge in [0.25, 0.3) is 0 Å². The Balaban J connectivity index is 2.93. The lowest BCUT2D eigenvalue weighted by molar-refractivity contribution is 0.0365. The molecule has 6 heteroatoms. The number of aromatic nitrogens is 2. The van der Waals surface area contributed by atoms with Gasteiger partial charge in [-0.15, -0.1) is 0 Å². The van der Waals surface area contributed by atoms with Gasteiger partial charge in [-0.05, 0) is 13.8 Å². The number of hydrogen-bond acceptors (Lipinski definition) is 6. The molecule has 21 heavy (non-hydrogen) atoms. The third-order valence-electron chi connectivity index (χ3n) is 3.21. The van der Waals surface area contributed by atoms with Crippen LogP contribution in [0.15, 0.2) is 0 Å². The lowest BCUT2D eigenvalue weighted by atomic mass is 10.2. The van der Waals surface area contributed by atoms with Crippen molar-refractivity contribution in [3.63, 3.8) is 0 Å². The monoisotopic (exact) mass is 296 g/mol. The number of anilines is 2. The zero-order valence-electron chi connectivity index (χ0n) is 14.0.